The number of nitrogens with zero attached hydrogens (tertiary/aromatic N) is 1. The first-order chi connectivity index (χ1) is 12.3. The highest BCUT2D eigenvalue weighted by atomic mass is 16.5. The topological polar surface area (TPSA) is 64.1 Å². The van der Waals surface area contributed by atoms with Crippen LogP contribution in [-0.4, -0.2) is 63.7 Å². The second kappa shape index (κ2) is 7.80. The molecule has 6 heteroatoms. The van der Waals surface area contributed by atoms with Crippen LogP contribution in [0, 0.1) is 11.3 Å². The van der Waals surface area contributed by atoms with Gasteiger partial charge < -0.3 is 24.8 Å². The summed E-state index contributed by atoms with van der Waals surface area (Å²) in [5, 5.41) is 7.17. The van der Waals surface area contributed by atoms with E-state index >= 15 is 0 Å². The fourth-order valence-corrected chi connectivity index (χ4v) is 5.07. The molecule has 4 fully saturated rings. The molecule has 4 atom stereocenters. The number of hydrogen-bond acceptors (Lipinski definition) is 4. The Hall–Kier alpha value is -0.850. The van der Waals surface area contributed by atoms with E-state index in [4.69, 9.17) is 19.2 Å². The van der Waals surface area contributed by atoms with Gasteiger partial charge in [0.1, 0.15) is 0 Å². The van der Waals surface area contributed by atoms with Crippen molar-refractivity contribution in [3.63, 3.8) is 0 Å². The zero-order chi connectivity index (χ0) is 17.1. The first kappa shape index (κ1) is 17.6. The molecule has 2 saturated carbocycles. The first-order valence-electron chi connectivity index (χ1n) is 10.2. The van der Waals surface area contributed by atoms with Gasteiger partial charge in [-0.15, -0.1) is 0 Å². The highest BCUT2D eigenvalue weighted by Gasteiger charge is 2.66. The van der Waals surface area contributed by atoms with Crippen LogP contribution in [0.5, 0.6) is 0 Å². The van der Waals surface area contributed by atoms with Crippen molar-refractivity contribution in [3.05, 3.63) is 0 Å². The Labute approximate surface area is 151 Å². The minimum atomic E-state index is 0.295. The van der Waals surface area contributed by atoms with Crippen molar-refractivity contribution in [2.24, 2.45) is 16.3 Å². The zero-order valence-electron chi connectivity index (χ0n) is 15.5. The third kappa shape index (κ3) is 3.40. The maximum absolute atomic E-state index is 6.02. The van der Waals surface area contributed by atoms with E-state index in [9.17, 15) is 0 Å². The summed E-state index contributed by atoms with van der Waals surface area (Å²) in [4.78, 5) is 4.78. The quantitative estimate of drug-likeness (QED) is 0.415. The van der Waals surface area contributed by atoms with Crippen LogP contribution in [0.1, 0.15) is 45.4 Å². The minimum Gasteiger partial charge on any atom is -0.379 e. The van der Waals surface area contributed by atoms with E-state index in [1.165, 1.54) is 25.7 Å². The summed E-state index contributed by atoms with van der Waals surface area (Å²) in [5.74, 6) is 1.64. The monoisotopic (exact) mass is 351 g/mol. The second-order valence-corrected chi connectivity index (χ2v) is 7.92. The molecule has 0 radical (unpaired) electrons. The SMILES string of the molecule is CCNC(=NCCCOC1CCOC1)NC1C2CCOC2C12CCC2. The van der Waals surface area contributed by atoms with Crippen molar-refractivity contribution in [2.75, 3.05) is 39.5 Å². The Morgan fingerprint density at radius 1 is 1.28 bits per heavy atom. The van der Waals surface area contributed by atoms with Gasteiger partial charge in [0.25, 0.3) is 0 Å². The summed E-state index contributed by atoms with van der Waals surface area (Å²) in [6, 6.07) is 0.540. The van der Waals surface area contributed by atoms with Gasteiger partial charge in [-0.3, -0.25) is 4.99 Å². The summed E-state index contributed by atoms with van der Waals surface area (Å²) in [6.07, 6.45) is 7.94. The van der Waals surface area contributed by atoms with E-state index in [1.807, 2.05) is 0 Å². The molecule has 2 aliphatic carbocycles. The fraction of sp³-hybridized carbons (Fsp3) is 0.947. The fourth-order valence-electron chi connectivity index (χ4n) is 5.07. The first-order valence-corrected chi connectivity index (χ1v) is 10.2. The summed E-state index contributed by atoms with van der Waals surface area (Å²) >= 11 is 0. The molecule has 2 aliphatic heterocycles. The summed E-state index contributed by atoms with van der Waals surface area (Å²) in [7, 11) is 0. The van der Waals surface area contributed by atoms with E-state index in [1.54, 1.807) is 0 Å². The van der Waals surface area contributed by atoms with Gasteiger partial charge in [-0.25, -0.2) is 0 Å². The molecule has 2 N–H and O–H groups in total. The number of hydrogen-bond donors (Lipinski definition) is 2. The van der Waals surface area contributed by atoms with Crippen molar-refractivity contribution < 1.29 is 14.2 Å². The van der Waals surface area contributed by atoms with E-state index in [-0.39, 0.29) is 0 Å². The van der Waals surface area contributed by atoms with Crippen LogP contribution < -0.4 is 10.6 Å². The Morgan fingerprint density at radius 3 is 2.92 bits per heavy atom. The van der Waals surface area contributed by atoms with Gasteiger partial charge in [-0.1, -0.05) is 6.42 Å². The van der Waals surface area contributed by atoms with Crippen LogP contribution in [0.15, 0.2) is 4.99 Å². The molecule has 6 nitrogen and oxygen atoms in total. The molecule has 0 aromatic rings. The van der Waals surface area contributed by atoms with Crippen molar-refractivity contribution in [3.8, 4) is 0 Å². The summed E-state index contributed by atoms with van der Waals surface area (Å²) in [6.45, 7) is 7.11. The Balaban J connectivity index is 1.25. The van der Waals surface area contributed by atoms with Crippen molar-refractivity contribution in [1.82, 2.24) is 10.6 Å². The van der Waals surface area contributed by atoms with Crippen molar-refractivity contribution in [2.45, 2.75) is 63.7 Å². The van der Waals surface area contributed by atoms with Crippen molar-refractivity contribution >= 4 is 5.96 Å². The molecular weight excluding hydrogens is 318 g/mol. The Morgan fingerprint density at radius 2 is 2.20 bits per heavy atom. The van der Waals surface area contributed by atoms with Gasteiger partial charge in [-0.05, 0) is 39.0 Å². The Kier molecular flexibility index (Phi) is 5.48. The van der Waals surface area contributed by atoms with Gasteiger partial charge in [0.15, 0.2) is 5.96 Å². The average molecular weight is 351 g/mol. The second-order valence-electron chi connectivity index (χ2n) is 7.92. The Bertz CT molecular complexity index is 475. The molecule has 0 amide bonds. The number of guanidine groups is 1. The van der Waals surface area contributed by atoms with Crippen LogP contribution in [0.25, 0.3) is 0 Å². The zero-order valence-corrected chi connectivity index (χ0v) is 15.5. The van der Waals surface area contributed by atoms with Gasteiger partial charge in [0.2, 0.25) is 0 Å². The maximum atomic E-state index is 6.02. The van der Waals surface area contributed by atoms with Crippen molar-refractivity contribution in [1.29, 1.82) is 0 Å². The van der Waals surface area contributed by atoms with E-state index < -0.39 is 0 Å². The van der Waals surface area contributed by atoms with Gasteiger partial charge in [-0.2, -0.15) is 0 Å². The third-order valence-corrected chi connectivity index (χ3v) is 6.49. The normalized spacial score (nSPS) is 36.0. The molecule has 0 aromatic heterocycles. The molecule has 2 heterocycles. The smallest absolute Gasteiger partial charge is 0.191 e. The molecule has 142 valence electrons. The predicted octanol–water partition coefficient (Wildman–Crippen LogP) is 1.69. The lowest BCUT2D eigenvalue weighted by Gasteiger charge is -2.63. The van der Waals surface area contributed by atoms with Crippen LogP contribution in [-0.2, 0) is 14.2 Å². The van der Waals surface area contributed by atoms with Crippen LogP contribution in [0.2, 0.25) is 0 Å². The van der Waals surface area contributed by atoms with Gasteiger partial charge >= 0.3 is 0 Å². The lowest BCUT2D eigenvalue weighted by atomic mass is 9.46. The largest absolute Gasteiger partial charge is 0.379 e. The highest BCUT2D eigenvalue weighted by molar-refractivity contribution is 5.80. The molecule has 2 saturated heterocycles. The predicted molar refractivity (Wildman–Crippen MR) is 96.8 cm³/mol. The van der Waals surface area contributed by atoms with Crippen LogP contribution in [0.4, 0.5) is 0 Å². The van der Waals surface area contributed by atoms with Gasteiger partial charge in [0, 0.05) is 50.3 Å². The average Bonchev–Trinajstić information content (AvgIpc) is 3.21. The molecular formula is C19H33N3O3. The molecule has 25 heavy (non-hydrogen) atoms. The lowest BCUT2D eigenvalue weighted by Crippen LogP contribution is -2.72. The maximum Gasteiger partial charge on any atom is 0.191 e. The summed E-state index contributed by atoms with van der Waals surface area (Å²) in [5.41, 5.74) is 0.392. The van der Waals surface area contributed by atoms with E-state index in [2.05, 4.69) is 17.6 Å². The van der Waals surface area contributed by atoms with E-state index in [0.717, 1.165) is 58.3 Å². The molecule has 0 bridgehead atoms. The van der Waals surface area contributed by atoms with E-state index in [0.29, 0.717) is 29.6 Å². The summed E-state index contributed by atoms with van der Waals surface area (Å²) < 4.78 is 17.2. The molecule has 0 aromatic carbocycles. The standard InChI is InChI=1S/C19H33N3O3/c1-2-20-18(21-9-4-10-24-14-5-11-23-13-14)22-16-15-6-12-25-17(15)19(16)7-3-8-19/h14-17H,2-13H2,1H3,(H2,20,21,22). The molecule has 4 rings (SSSR count). The van der Waals surface area contributed by atoms with Crippen LogP contribution in [0.3, 0.4) is 0 Å². The van der Waals surface area contributed by atoms with Gasteiger partial charge in [0.05, 0.1) is 18.8 Å². The number of nitrogens with one attached hydrogen (secondary N) is 2. The third-order valence-electron chi connectivity index (χ3n) is 6.49. The van der Waals surface area contributed by atoms with Crippen LogP contribution >= 0.6 is 0 Å². The molecule has 4 unspecified atom stereocenters. The lowest BCUT2D eigenvalue weighted by molar-refractivity contribution is -0.171. The molecule has 1 spiro atoms. The number of ether oxygens (including phenoxy) is 3. The minimum absolute atomic E-state index is 0.295. The highest BCUT2D eigenvalue weighted by Crippen LogP contribution is 2.62. The number of fused-ring (bicyclic) bond motifs is 2. The molecule has 4 aliphatic rings. The number of aliphatic imine (C=N–C) groups is 1. The number of rotatable bonds is 7.